The van der Waals surface area contributed by atoms with Gasteiger partial charge in [-0.3, -0.25) is 14.5 Å². The maximum atomic E-state index is 13.1. The van der Waals surface area contributed by atoms with Crippen molar-refractivity contribution in [2.45, 2.75) is 93.7 Å². The van der Waals surface area contributed by atoms with E-state index in [1.807, 2.05) is 24.3 Å². The van der Waals surface area contributed by atoms with Crippen LogP contribution in [0.2, 0.25) is 0 Å². The number of rotatable bonds is 6. The highest BCUT2D eigenvalue weighted by Crippen LogP contribution is 2.28. The molecular formula is C25H37N3O2S. The van der Waals surface area contributed by atoms with Gasteiger partial charge in [-0.15, -0.1) is 11.8 Å². The minimum Gasteiger partial charge on any atom is -0.353 e. The summed E-state index contributed by atoms with van der Waals surface area (Å²) >= 11 is 1.48. The number of nitrogens with one attached hydrogen (secondary N) is 2. The molecule has 1 saturated carbocycles. The van der Waals surface area contributed by atoms with Gasteiger partial charge in [-0.25, -0.2) is 0 Å². The smallest absolute Gasteiger partial charge is 0.252 e. The minimum atomic E-state index is 0.000879. The van der Waals surface area contributed by atoms with E-state index in [2.05, 4.69) is 15.5 Å². The van der Waals surface area contributed by atoms with Crippen LogP contribution in [-0.4, -0.2) is 53.7 Å². The van der Waals surface area contributed by atoms with Crippen LogP contribution >= 0.6 is 11.8 Å². The molecule has 3 fully saturated rings. The Morgan fingerprint density at radius 3 is 2.45 bits per heavy atom. The first kappa shape index (κ1) is 22.7. The molecule has 5 nitrogen and oxygen atoms in total. The molecule has 3 aliphatic rings. The molecule has 1 aliphatic carbocycles. The highest BCUT2D eigenvalue weighted by Gasteiger charge is 2.36. The van der Waals surface area contributed by atoms with E-state index in [0.717, 1.165) is 30.7 Å². The first-order valence-corrected chi connectivity index (χ1v) is 13.3. The van der Waals surface area contributed by atoms with Crippen molar-refractivity contribution < 1.29 is 9.59 Å². The third-order valence-corrected chi connectivity index (χ3v) is 8.21. The molecule has 0 aromatic heterocycles. The van der Waals surface area contributed by atoms with Gasteiger partial charge in [0.1, 0.15) is 0 Å². The van der Waals surface area contributed by atoms with Gasteiger partial charge in [-0.2, -0.15) is 0 Å². The van der Waals surface area contributed by atoms with E-state index in [1.165, 1.54) is 69.7 Å². The van der Waals surface area contributed by atoms with Crippen LogP contribution in [0, 0.1) is 0 Å². The van der Waals surface area contributed by atoms with Crippen molar-refractivity contribution in [3.63, 3.8) is 0 Å². The van der Waals surface area contributed by atoms with E-state index in [-0.39, 0.29) is 17.9 Å². The third-order valence-electron chi connectivity index (χ3n) is 7.13. The lowest BCUT2D eigenvalue weighted by molar-refractivity contribution is -0.119. The standard InChI is InChI=1S/C25H37N3O2S/c29-24(26-19-10-4-2-1-3-5-11-19)18-31-23-14-7-6-12-20(23)25(30)27-21-15-17-28-16-9-8-13-22(21)28/h6-7,12,14,19,21-22H,1-5,8-11,13,15-18H2,(H,26,29)(H,27,30). The Labute approximate surface area is 191 Å². The van der Waals surface area contributed by atoms with Gasteiger partial charge in [0.05, 0.1) is 11.3 Å². The molecule has 2 saturated heterocycles. The van der Waals surface area contributed by atoms with Crippen molar-refractivity contribution in [2.24, 2.45) is 0 Å². The van der Waals surface area contributed by atoms with Crippen LogP contribution in [0.5, 0.6) is 0 Å². The summed E-state index contributed by atoms with van der Waals surface area (Å²) in [7, 11) is 0. The van der Waals surface area contributed by atoms with Gasteiger partial charge in [0.2, 0.25) is 5.91 Å². The second kappa shape index (κ2) is 11.4. The Morgan fingerprint density at radius 1 is 0.871 bits per heavy atom. The number of fused-ring (bicyclic) bond motifs is 1. The molecule has 31 heavy (non-hydrogen) atoms. The number of hydrogen-bond donors (Lipinski definition) is 2. The van der Waals surface area contributed by atoms with Crippen LogP contribution < -0.4 is 10.6 Å². The van der Waals surface area contributed by atoms with Gasteiger partial charge < -0.3 is 10.6 Å². The number of carbonyl (C=O) groups is 2. The maximum absolute atomic E-state index is 13.1. The lowest BCUT2D eigenvalue weighted by Gasteiger charge is -2.32. The van der Waals surface area contributed by atoms with E-state index in [4.69, 9.17) is 0 Å². The molecule has 2 N–H and O–H groups in total. The predicted octanol–water partition coefficient (Wildman–Crippen LogP) is 4.36. The fourth-order valence-electron chi connectivity index (χ4n) is 5.46. The summed E-state index contributed by atoms with van der Waals surface area (Å²) < 4.78 is 0. The number of thioether (sulfide) groups is 1. The molecule has 2 heterocycles. The van der Waals surface area contributed by atoms with Crippen molar-refractivity contribution >= 4 is 23.6 Å². The Kier molecular flexibility index (Phi) is 8.31. The Bertz CT molecular complexity index is 748. The van der Waals surface area contributed by atoms with E-state index in [1.54, 1.807) is 0 Å². The Morgan fingerprint density at radius 2 is 1.61 bits per heavy atom. The quantitative estimate of drug-likeness (QED) is 0.641. The van der Waals surface area contributed by atoms with Gasteiger partial charge in [-0.1, -0.05) is 50.7 Å². The van der Waals surface area contributed by atoms with Crippen molar-refractivity contribution in [3.8, 4) is 0 Å². The predicted molar refractivity (Wildman–Crippen MR) is 126 cm³/mol. The zero-order valence-electron chi connectivity index (χ0n) is 18.6. The average molecular weight is 444 g/mol. The highest BCUT2D eigenvalue weighted by atomic mass is 32.2. The van der Waals surface area contributed by atoms with Crippen LogP contribution in [0.4, 0.5) is 0 Å². The first-order chi connectivity index (χ1) is 15.2. The molecule has 170 valence electrons. The summed E-state index contributed by atoms with van der Waals surface area (Å²) in [5, 5.41) is 6.54. The van der Waals surface area contributed by atoms with E-state index in [9.17, 15) is 9.59 Å². The molecule has 1 aromatic carbocycles. The number of piperidine rings is 1. The van der Waals surface area contributed by atoms with Gasteiger partial charge >= 0.3 is 0 Å². The largest absolute Gasteiger partial charge is 0.353 e. The molecular weight excluding hydrogens is 406 g/mol. The first-order valence-electron chi connectivity index (χ1n) is 12.3. The number of nitrogens with zero attached hydrogens (tertiary/aromatic N) is 1. The molecule has 2 aliphatic heterocycles. The van der Waals surface area contributed by atoms with Crippen LogP contribution in [-0.2, 0) is 4.79 Å². The lowest BCUT2D eigenvalue weighted by Crippen LogP contribution is -2.46. The molecule has 6 heteroatoms. The molecule has 0 spiro atoms. The molecule has 0 radical (unpaired) electrons. The number of carbonyl (C=O) groups excluding carboxylic acids is 2. The molecule has 1 aromatic rings. The van der Waals surface area contributed by atoms with E-state index < -0.39 is 0 Å². The normalized spacial score (nSPS) is 25.3. The monoisotopic (exact) mass is 443 g/mol. The number of amides is 2. The molecule has 2 atom stereocenters. The summed E-state index contributed by atoms with van der Waals surface area (Å²) in [4.78, 5) is 29.1. The molecule has 4 rings (SSSR count). The SMILES string of the molecule is O=C(CSc1ccccc1C(=O)NC1CCN2CCCCC12)NC1CCCCCCC1. The molecule has 0 bridgehead atoms. The zero-order chi connectivity index (χ0) is 21.5. The third kappa shape index (κ3) is 6.26. The number of hydrogen-bond acceptors (Lipinski definition) is 4. The zero-order valence-corrected chi connectivity index (χ0v) is 19.4. The lowest BCUT2D eigenvalue weighted by atomic mass is 9.97. The van der Waals surface area contributed by atoms with Crippen molar-refractivity contribution in [2.75, 3.05) is 18.8 Å². The summed E-state index contributed by atoms with van der Waals surface area (Å²) in [5.41, 5.74) is 0.695. The number of benzene rings is 1. The molecule has 2 unspecified atom stereocenters. The Balaban J connectivity index is 1.30. The summed E-state index contributed by atoms with van der Waals surface area (Å²) in [6.45, 7) is 2.26. The Hall–Kier alpha value is -1.53. The van der Waals surface area contributed by atoms with Crippen LogP contribution in [0.1, 0.15) is 81.0 Å². The minimum absolute atomic E-state index is 0.000879. The second-order valence-electron chi connectivity index (χ2n) is 9.36. The van der Waals surface area contributed by atoms with Gasteiger partial charge in [0.15, 0.2) is 0 Å². The molecule has 2 amide bonds. The fraction of sp³-hybridized carbons (Fsp3) is 0.680. The average Bonchev–Trinajstić information content (AvgIpc) is 3.17. The van der Waals surface area contributed by atoms with Gasteiger partial charge in [0, 0.05) is 29.6 Å². The summed E-state index contributed by atoms with van der Waals surface area (Å²) in [5.74, 6) is 0.445. The summed E-state index contributed by atoms with van der Waals surface area (Å²) in [6, 6.07) is 8.76. The topological polar surface area (TPSA) is 61.4 Å². The van der Waals surface area contributed by atoms with Crippen molar-refractivity contribution in [3.05, 3.63) is 29.8 Å². The van der Waals surface area contributed by atoms with Gasteiger partial charge in [-0.05, 0) is 50.8 Å². The van der Waals surface area contributed by atoms with Crippen LogP contribution in [0.25, 0.3) is 0 Å². The highest BCUT2D eigenvalue weighted by molar-refractivity contribution is 8.00. The van der Waals surface area contributed by atoms with E-state index >= 15 is 0 Å². The van der Waals surface area contributed by atoms with Crippen LogP contribution in [0.15, 0.2) is 29.2 Å². The fourth-order valence-corrected chi connectivity index (χ4v) is 6.32. The van der Waals surface area contributed by atoms with Crippen molar-refractivity contribution in [1.82, 2.24) is 15.5 Å². The van der Waals surface area contributed by atoms with Crippen LogP contribution in [0.3, 0.4) is 0 Å². The van der Waals surface area contributed by atoms with Crippen molar-refractivity contribution in [1.29, 1.82) is 0 Å². The second-order valence-corrected chi connectivity index (χ2v) is 10.4. The van der Waals surface area contributed by atoms with E-state index in [0.29, 0.717) is 23.4 Å². The van der Waals surface area contributed by atoms with Gasteiger partial charge in [0.25, 0.3) is 5.91 Å². The summed E-state index contributed by atoms with van der Waals surface area (Å²) in [6.07, 6.45) is 13.3. The maximum Gasteiger partial charge on any atom is 0.252 e.